The Bertz CT molecular complexity index is 517. The number of anilines is 2. The molecule has 7 heteroatoms. The number of rotatable bonds is 2. The van der Waals surface area contributed by atoms with E-state index in [1.165, 1.54) is 24.4 Å². The van der Waals surface area contributed by atoms with Gasteiger partial charge in [0.1, 0.15) is 10.6 Å². The van der Waals surface area contributed by atoms with Crippen LogP contribution in [0.3, 0.4) is 0 Å². The van der Waals surface area contributed by atoms with E-state index in [0.717, 1.165) is 24.5 Å². The van der Waals surface area contributed by atoms with Crippen LogP contribution in [0, 0.1) is 0 Å². The molecule has 1 aromatic rings. The van der Waals surface area contributed by atoms with Gasteiger partial charge in [0.15, 0.2) is 5.82 Å². The molecule has 2 unspecified atom stereocenters. The van der Waals surface area contributed by atoms with Gasteiger partial charge in [0.2, 0.25) is 0 Å². The summed E-state index contributed by atoms with van der Waals surface area (Å²) in [6.07, 6.45) is 3.67. The van der Waals surface area contributed by atoms with Gasteiger partial charge in [-0.3, -0.25) is 9.69 Å². The van der Waals surface area contributed by atoms with Gasteiger partial charge in [-0.2, -0.15) is 4.37 Å². The third-order valence-corrected chi connectivity index (χ3v) is 5.51. The van der Waals surface area contributed by atoms with Gasteiger partial charge in [0.05, 0.1) is 0 Å². The van der Waals surface area contributed by atoms with Crippen LogP contribution in [0.4, 0.5) is 10.8 Å². The third kappa shape index (κ3) is 2.14. The number of carbonyl (C=O) groups excluding carboxylic acids is 1. The molecular formula is C13H21N5OS. The summed E-state index contributed by atoms with van der Waals surface area (Å²) in [6, 6.07) is 1.25. The molecule has 6 nitrogen and oxygen atoms in total. The van der Waals surface area contributed by atoms with E-state index in [9.17, 15) is 4.79 Å². The highest BCUT2D eigenvalue weighted by Gasteiger charge is 2.36. The highest BCUT2D eigenvalue weighted by atomic mass is 32.1. The lowest BCUT2D eigenvalue weighted by atomic mass is 10.1. The number of likely N-dealkylation sites (N-methyl/N-ethyl adjacent to an activating group) is 1. The predicted octanol–water partition coefficient (Wildman–Crippen LogP) is 0.758. The van der Waals surface area contributed by atoms with Crippen LogP contribution in [0.1, 0.15) is 29.6 Å². The number of carbonyl (C=O) groups is 1. The third-order valence-electron chi connectivity index (χ3n) is 4.59. The van der Waals surface area contributed by atoms with Crippen molar-refractivity contribution in [1.29, 1.82) is 0 Å². The molecule has 2 fully saturated rings. The van der Waals surface area contributed by atoms with Crippen molar-refractivity contribution in [1.82, 2.24) is 14.6 Å². The minimum atomic E-state index is -0.144. The monoisotopic (exact) mass is 295 g/mol. The van der Waals surface area contributed by atoms with Crippen molar-refractivity contribution >= 4 is 28.3 Å². The number of nitrogen functional groups attached to an aromatic ring is 1. The summed E-state index contributed by atoms with van der Waals surface area (Å²) < 4.78 is 4.18. The summed E-state index contributed by atoms with van der Waals surface area (Å²) in [5, 5.41) is 3.58. The molecule has 110 valence electrons. The fourth-order valence-corrected chi connectivity index (χ4v) is 4.19. The van der Waals surface area contributed by atoms with E-state index in [1.807, 2.05) is 0 Å². The van der Waals surface area contributed by atoms with Gasteiger partial charge in [0.25, 0.3) is 5.91 Å². The van der Waals surface area contributed by atoms with Gasteiger partial charge in [-0.05, 0) is 37.8 Å². The zero-order valence-corrected chi connectivity index (χ0v) is 12.7. The normalized spacial score (nSPS) is 26.6. The van der Waals surface area contributed by atoms with Crippen molar-refractivity contribution in [3.05, 3.63) is 5.56 Å². The molecule has 0 aliphatic carbocycles. The van der Waals surface area contributed by atoms with Crippen molar-refractivity contribution in [3.8, 4) is 0 Å². The van der Waals surface area contributed by atoms with Gasteiger partial charge in [-0.15, -0.1) is 0 Å². The van der Waals surface area contributed by atoms with Crippen molar-refractivity contribution in [3.63, 3.8) is 0 Å². The second-order valence-electron chi connectivity index (χ2n) is 5.61. The first-order valence-corrected chi connectivity index (χ1v) is 7.83. The maximum atomic E-state index is 12.0. The molecule has 2 aliphatic heterocycles. The average molecular weight is 295 g/mol. The molecule has 0 spiro atoms. The zero-order chi connectivity index (χ0) is 14.3. The topological polar surface area (TPSA) is 74.5 Å². The number of hydrogen-bond donors (Lipinski definition) is 2. The van der Waals surface area contributed by atoms with Gasteiger partial charge in [-0.25, -0.2) is 0 Å². The highest BCUT2D eigenvalue weighted by Crippen LogP contribution is 2.35. The molecule has 3 N–H and O–H groups in total. The molecule has 0 saturated carbocycles. The van der Waals surface area contributed by atoms with Gasteiger partial charge in [-0.1, -0.05) is 0 Å². The Balaban J connectivity index is 1.88. The van der Waals surface area contributed by atoms with Crippen LogP contribution in [0.15, 0.2) is 0 Å². The van der Waals surface area contributed by atoms with E-state index >= 15 is 0 Å². The number of fused-ring (bicyclic) bond motifs is 2. The maximum absolute atomic E-state index is 12.0. The van der Waals surface area contributed by atoms with Crippen LogP contribution in [-0.4, -0.2) is 54.4 Å². The number of hydrogen-bond acceptors (Lipinski definition) is 6. The summed E-state index contributed by atoms with van der Waals surface area (Å²) in [5.41, 5.74) is 6.41. The molecule has 0 radical (unpaired) electrons. The van der Waals surface area contributed by atoms with Gasteiger partial charge >= 0.3 is 0 Å². The Hall–Kier alpha value is -1.34. The van der Waals surface area contributed by atoms with E-state index in [-0.39, 0.29) is 5.91 Å². The summed E-state index contributed by atoms with van der Waals surface area (Å²) in [5.74, 6) is 0.195. The second-order valence-corrected chi connectivity index (χ2v) is 6.36. The number of nitrogens with one attached hydrogen (secondary N) is 1. The first-order valence-electron chi connectivity index (χ1n) is 7.06. The lowest BCUT2D eigenvalue weighted by Crippen LogP contribution is -2.37. The number of aromatic nitrogens is 1. The van der Waals surface area contributed by atoms with Gasteiger partial charge in [0, 0.05) is 32.2 Å². The molecule has 0 aromatic carbocycles. The van der Waals surface area contributed by atoms with E-state index in [1.54, 1.807) is 7.05 Å². The predicted molar refractivity (Wildman–Crippen MR) is 81.3 cm³/mol. The van der Waals surface area contributed by atoms with E-state index in [0.29, 0.717) is 23.5 Å². The van der Waals surface area contributed by atoms with E-state index in [4.69, 9.17) is 5.73 Å². The Kier molecular flexibility index (Phi) is 3.55. The molecule has 1 amide bonds. The summed E-state index contributed by atoms with van der Waals surface area (Å²) in [7, 11) is 3.84. The smallest absolute Gasteiger partial charge is 0.257 e. The van der Waals surface area contributed by atoms with Crippen molar-refractivity contribution in [2.45, 2.75) is 31.3 Å². The Morgan fingerprint density at radius 1 is 1.40 bits per heavy atom. The average Bonchev–Trinajstić information content (AvgIpc) is 2.90. The van der Waals surface area contributed by atoms with Crippen LogP contribution >= 0.6 is 11.5 Å². The van der Waals surface area contributed by atoms with Gasteiger partial charge < -0.3 is 16.0 Å². The maximum Gasteiger partial charge on any atom is 0.257 e. The Morgan fingerprint density at radius 2 is 2.15 bits per heavy atom. The lowest BCUT2D eigenvalue weighted by molar-refractivity contribution is 0.0964. The molecular weight excluding hydrogens is 274 g/mol. The fourth-order valence-electron chi connectivity index (χ4n) is 3.34. The van der Waals surface area contributed by atoms with E-state index < -0.39 is 0 Å². The lowest BCUT2D eigenvalue weighted by Gasteiger charge is -2.26. The standard InChI is InChI=1S/C13H21N5OS/c1-15-12(19)10-11(14)16-20-13(10)18-6-5-8-3-4-9(7-18)17(8)2/h8-9H,3-7H2,1-2H3,(H2,14,16)(H,15,19). The zero-order valence-electron chi connectivity index (χ0n) is 11.9. The Labute approximate surface area is 123 Å². The molecule has 1 aromatic heterocycles. The van der Waals surface area contributed by atoms with E-state index in [2.05, 4.69) is 26.5 Å². The van der Waals surface area contributed by atoms with Crippen molar-refractivity contribution < 1.29 is 4.79 Å². The molecule has 2 saturated heterocycles. The van der Waals surface area contributed by atoms with Crippen LogP contribution in [0.2, 0.25) is 0 Å². The number of nitrogens with zero attached hydrogens (tertiary/aromatic N) is 3. The van der Waals surface area contributed by atoms with Crippen LogP contribution < -0.4 is 16.0 Å². The summed E-state index contributed by atoms with van der Waals surface area (Å²) in [6.45, 7) is 1.93. The molecule has 2 bridgehead atoms. The molecule has 2 atom stereocenters. The largest absolute Gasteiger partial charge is 0.382 e. The minimum absolute atomic E-state index is 0.144. The first kappa shape index (κ1) is 13.6. The molecule has 20 heavy (non-hydrogen) atoms. The molecule has 3 rings (SSSR count). The molecule has 2 aliphatic rings. The Morgan fingerprint density at radius 3 is 2.90 bits per heavy atom. The molecule has 3 heterocycles. The van der Waals surface area contributed by atoms with Crippen molar-refractivity contribution in [2.75, 3.05) is 37.8 Å². The fraction of sp³-hybridized carbons (Fsp3) is 0.692. The number of amides is 1. The SMILES string of the molecule is CNC(=O)c1c(N)nsc1N1CCC2CCC(C1)N2C. The number of nitrogens with two attached hydrogens (primary N) is 1. The quantitative estimate of drug-likeness (QED) is 0.842. The van der Waals surface area contributed by atoms with Crippen molar-refractivity contribution in [2.24, 2.45) is 0 Å². The van der Waals surface area contributed by atoms with Crippen LogP contribution in [0.25, 0.3) is 0 Å². The summed E-state index contributed by atoms with van der Waals surface area (Å²) >= 11 is 1.34. The minimum Gasteiger partial charge on any atom is -0.382 e. The highest BCUT2D eigenvalue weighted by molar-refractivity contribution is 7.11. The summed E-state index contributed by atoms with van der Waals surface area (Å²) in [4.78, 5) is 16.8. The van der Waals surface area contributed by atoms with Crippen LogP contribution in [0.5, 0.6) is 0 Å². The van der Waals surface area contributed by atoms with Crippen LogP contribution in [-0.2, 0) is 0 Å². The first-order chi connectivity index (χ1) is 9.61. The second kappa shape index (κ2) is 5.21.